The van der Waals surface area contributed by atoms with E-state index in [1.165, 1.54) is 0 Å². The Morgan fingerprint density at radius 1 is 0.976 bits per heavy atom. The largest absolute Gasteiger partial charge is 0.497 e. The number of carbonyl (C=O) groups is 2. The Balaban J connectivity index is 1.46. The maximum atomic E-state index is 14.5. The molecule has 1 aromatic heterocycles. The number of rotatable bonds is 9. The molecule has 2 heterocycles. The Labute approximate surface area is 244 Å². The summed E-state index contributed by atoms with van der Waals surface area (Å²) in [6.45, 7) is 0.0972. The molecule has 2 amide bonds. The molecule has 218 valence electrons. The molecule has 0 unspecified atom stereocenters. The van der Waals surface area contributed by atoms with E-state index in [1.54, 1.807) is 55.5 Å². The standard InChI is InChI=1S/C33H35N3O6/c1-39-24-13-14-26(29(18-24)40-2)32(33(38)35-22-8-4-3-5-9-22)36(23-12-15-28-30(17-23)42-20-41-28)31(37)16-21-19-34-27-11-7-6-10-25(21)27/h6-7,10-15,17-19,22,32,34H,3-5,8-9,16,20H2,1-2H3,(H,35,38)/t32-/m0/s1. The summed E-state index contributed by atoms with van der Waals surface area (Å²) in [5.41, 5.74) is 2.86. The predicted octanol–water partition coefficient (Wildman–Crippen LogP) is 5.68. The van der Waals surface area contributed by atoms with Gasteiger partial charge in [-0.1, -0.05) is 37.5 Å². The minimum atomic E-state index is -1.02. The fourth-order valence-corrected chi connectivity index (χ4v) is 5.97. The van der Waals surface area contributed by atoms with Crippen LogP contribution < -0.4 is 29.2 Å². The van der Waals surface area contributed by atoms with Crippen LogP contribution in [0.5, 0.6) is 23.0 Å². The van der Waals surface area contributed by atoms with Gasteiger partial charge in [-0.2, -0.15) is 0 Å². The molecule has 3 aromatic carbocycles. The lowest BCUT2D eigenvalue weighted by molar-refractivity contribution is -0.127. The number of hydrogen-bond donors (Lipinski definition) is 2. The van der Waals surface area contributed by atoms with Crippen LogP contribution in [0.1, 0.15) is 49.3 Å². The van der Waals surface area contributed by atoms with Gasteiger partial charge in [0.1, 0.15) is 17.5 Å². The zero-order chi connectivity index (χ0) is 29.1. The number of ether oxygens (including phenoxy) is 4. The number of amides is 2. The van der Waals surface area contributed by atoms with Gasteiger partial charge in [0.2, 0.25) is 18.6 Å². The highest BCUT2D eigenvalue weighted by Crippen LogP contribution is 2.41. The van der Waals surface area contributed by atoms with E-state index in [0.717, 1.165) is 48.6 Å². The average Bonchev–Trinajstić information content (AvgIpc) is 3.66. The SMILES string of the molecule is COc1ccc([C@@H](C(=O)NC2CCCCC2)N(C(=O)Cc2c[nH]c3ccccc23)c2ccc3c(c2)OCO3)c(OC)c1. The summed E-state index contributed by atoms with van der Waals surface area (Å²) >= 11 is 0. The minimum absolute atomic E-state index is 0.0420. The van der Waals surface area contributed by atoms with Crippen LogP contribution in [-0.2, 0) is 16.0 Å². The van der Waals surface area contributed by atoms with Crippen LogP contribution in [-0.4, -0.2) is 43.9 Å². The normalized spacial score (nSPS) is 15.3. The lowest BCUT2D eigenvalue weighted by Gasteiger charge is -2.34. The number of methoxy groups -OCH3 is 2. The third kappa shape index (κ3) is 5.46. The van der Waals surface area contributed by atoms with E-state index >= 15 is 0 Å². The second-order valence-corrected chi connectivity index (χ2v) is 10.7. The van der Waals surface area contributed by atoms with Gasteiger partial charge in [0.25, 0.3) is 0 Å². The number of hydrogen-bond acceptors (Lipinski definition) is 6. The molecule has 6 rings (SSSR count). The van der Waals surface area contributed by atoms with Gasteiger partial charge < -0.3 is 29.2 Å². The summed E-state index contributed by atoms with van der Waals surface area (Å²) in [6.07, 6.45) is 7.03. The van der Waals surface area contributed by atoms with Crippen LogP contribution in [0.3, 0.4) is 0 Å². The first-order chi connectivity index (χ1) is 20.6. The van der Waals surface area contributed by atoms with Crippen molar-refractivity contribution in [3.63, 3.8) is 0 Å². The second-order valence-electron chi connectivity index (χ2n) is 10.7. The van der Waals surface area contributed by atoms with Crippen LogP contribution in [0.4, 0.5) is 5.69 Å². The molecule has 2 aliphatic rings. The van der Waals surface area contributed by atoms with E-state index in [9.17, 15) is 9.59 Å². The fourth-order valence-electron chi connectivity index (χ4n) is 5.97. The van der Waals surface area contributed by atoms with Crippen molar-refractivity contribution in [2.24, 2.45) is 0 Å². The molecule has 4 aromatic rings. The van der Waals surface area contributed by atoms with Gasteiger partial charge >= 0.3 is 0 Å². The topological polar surface area (TPSA) is 102 Å². The number of carbonyl (C=O) groups excluding carboxylic acids is 2. The maximum Gasteiger partial charge on any atom is 0.248 e. The molecule has 0 saturated heterocycles. The van der Waals surface area contributed by atoms with E-state index in [1.807, 2.05) is 30.5 Å². The zero-order valence-electron chi connectivity index (χ0n) is 23.9. The molecular formula is C33H35N3O6. The number of H-pyrrole nitrogens is 1. The quantitative estimate of drug-likeness (QED) is 0.269. The van der Waals surface area contributed by atoms with Crippen molar-refractivity contribution in [1.29, 1.82) is 0 Å². The average molecular weight is 570 g/mol. The van der Waals surface area contributed by atoms with Crippen molar-refractivity contribution in [3.8, 4) is 23.0 Å². The van der Waals surface area contributed by atoms with Crippen LogP contribution >= 0.6 is 0 Å². The molecule has 0 bridgehead atoms. The lowest BCUT2D eigenvalue weighted by Crippen LogP contribution is -2.47. The fraction of sp³-hybridized carbons (Fsp3) is 0.333. The van der Waals surface area contributed by atoms with Crippen molar-refractivity contribution in [3.05, 3.63) is 78.0 Å². The molecule has 1 atom stereocenters. The van der Waals surface area contributed by atoms with Gasteiger partial charge in [-0.15, -0.1) is 0 Å². The van der Waals surface area contributed by atoms with E-state index in [4.69, 9.17) is 18.9 Å². The Morgan fingerprint density at radius 2 is 1.79 bits per heavy atom. The molecule has 0 radical (unpaired) electrons. The molecule has 1 fully saturated rings. The molecule has 0 spiro atoms. The minimum Gasteiger partial charge on any atom is -0.497 e. The van der Waals surface area contributed by atoms with Crippen LogP contribution in [0.15, 0.2) is 66.9 Å². The number of benzene rings is 3. The van der Waals surface area contributed by atoms with E-state index in [2.05, 4.69) is 10.3 Å². The van der Waals surface area contributed by atoms with Gasteiger partial charge in [0.05, 0.1) is 20.6 Å². The first kappa shape index (κ1) is 27.5. The van der Waals surface area contributed by atoms with Gasteiger partial charge in [0.15, 0.2) is 11.5 Å². The van der Waals surface area contributed by atoms with Crippen molar-refractivity contribution in [1.82, 2.24) is 10.3 Å². The number of aromatic amines is 1. The maximum absolute atomic E-state index is 14.5. The number of anilines is 1. The van der Waals surface area contributed by atoms with Crippen molar-refractivity contribution in [2.75, 3.05) is 25.9 Å². The first-order valence-corrected chi connectivity index (χ1v) is 14.3. The molecule has 1 aliphatic heterocycles. The third-order valence-corrected chi connectivity index (χ3v) is 8.11. The van der Waals surface area contributed by atoms with Gasteiger partial charge in [-0.05, 0) is 48.7 Å². The third-order valence-electron chi connectivity index (χ3n) is 8.11. The highest BCUT2D eigenvalue weighted by atomic mass is 16.7. The van der Waals surface area contributed by atoms with Crippen LogP contribution in [0.2, 0.25) is 0 Å². The molecule has 9 heteroatoms. The molecule has 1 aliphatic carbocycles. The van der Waals surface area contributed by atoms with E-state index < -0.39 is 6.04 Å². The monoisotopic (exact) mass is 569 g/mol. The molecular weight excluding hydrogens is 534 g/mol. The van der Waals surface area contributed by atoms with Crippen LogP contribution in [0, 0.1) is 0 Å². The van der Waals surface area contributed by atoms with Gasteiger partial charge in [-0.25, -0.2) is 0 Å². The molecule has 42 heavy (non-hydrogen) atoms. The summed E-state index contributed by atoms with van der Waals surface area (Å²) < 4.78 is 22.4. The Bertz CT molecular complexity index is 1590. The van der Waals surface area contributed by atoms with Crippen LogP contribution in [0.25, 0.3) is 10.9 Å². The summed E-state index contributed by atoms with van der Waals surface area (Å²) in [5, 5.41) is 4.22. The van der Waals surface area contributed by atoms with Crippen molar-refractivity contribution in [2.45, 2.75) is 50.6 Å². The molecule has 2 N–H and O–H groups in total. The Morgan fingerprint density at radius 3 is 2.60 bits per heavy atom. The lowest BCUT2D eigenvalue weighted by atomic mass is 9.94. The number of nitrogens with one attached hydrogen (secondary N) is 2. The first-order valence-electron chi connectivity index (χ1n) is 14.3. The highest BCUT2D eigenvalue weighted by Gasteiger charge is 2.37. The summed E-state index contributed by atoms with van der Waals surface area (Å²) in [6, 6.07) is 17.5. The zero-order valence-corrected chi connectivity index (χ0v) is 23.9. The van der Waals surface area contributed by atoms with Crippen molar-refractivity contribution >= 4 is 28.4 Å². The van der Waals surface area contributed by atoms with Gasteiger partial charge in [0, 0.05) is 46.5 Å². The number of fused-ring (bicyclic) bond motifs is 2. The molecule has 1 saturated carbocycles. The highest BCUT2D eigenvalue weighted by molar-refractivity contribution is 6.04. The van der Waals surface area contributed by atoms with E-state index in [-0.39, 0.29) is 31.1 Å². The summed E-state index contributed by atoms with van der Waals surface area (Å²) in [7, 11) is 3.12. The molecule has 9 nitrogen and oxygen atoms in total. The number of nitrogens with zero attached hydrogens (tertiary/aromatic N) is 1. The second kappa shape index (κ2) is 12.1. The Hall–Kier alpha value is -4.66. The Kier molecular flexibility index (Phi) is 7.90. The van der Waals surface area contributed by atoms with Gasteiger partial charge in [-0.3, -0.25) is 14.5 Å². The predicted molar refractivity (Wildman–Crippen MR) is 159 cm³/mol. The van der Waals surface area contributed by atoms with Crippen molar-refractivity contribution < 1.29 is 28.5 Å². The number of para-hydroxylation sites is 1. The smallest absolute Gasteiger partial charge is 0.248 e. The summed E-state index contributed by atoms with van der Waals surface area (Å²) in [5.74, 6) is 1.62. The summed E-state index contributed by atoms with van der Waals surface area (Å²) in [4.78, 5) is 33.6. The van der Waals surface area contributed by atoms with E-state index in [0.29, 0.717) is 34.2 Å². The number of aromatic nitrogens is 1.